The largest absolute Gasteiger partial charge is 0.320 e. The topological polar surface area (TPSA) is 97.3 Å². The van der Waals surface area contributed by atoms with Crippen LogP contribution in [0.1, 0.15) is 15.9 Å². The molecular formula is C25H20FN3O4S. The number of pyridine rings is 1. The van der Waals surface area contributed by atoms with Crippen LogP contribution >= 0.6 is 0 Å². The van der Waals surface area contributed by atoms with Crippen LogP contribution in [0.25, 0.3) is 0 Å². The van der Waals surface area contributed by atoms with E-state index < -0.39 is 27.3 Å². The molecule has 1 amide bonds. The molecule has 0 fully saturated rings. The lowest BCUT2D eigenvalue weighted by atomic mass is 10.2. The van der Waals surface area contributed by atoms with Crippen molar-refractivity contribution in [1.82, 2.24) is 4.57 Å². The van der Waals surface area contributed by atoms with Crippen molar-refractivity contribution in [2.45, 2.75) is 11.4 Å². The molecule has 34 heavy (non-hydrogen) atoms. The lowest BCUT2D eigenvalue weighted by Gasteiger charge is -2.14. The number of amides is 1. The van der Waals surface area contributed by atoms with Crippen LogP contribution in [0.4, 0.5) is 15.8 Å². The third-order valence-electron chi connectivity index (χ3n) is 5.00. The number of carbonyl (C=O) groups is 1. The van der Waals surface area contributed by atoms with Crippen LogP contribution in [-0.2, 0) is 16.6 Å². The van der Waals surface area contributed by atoms with E-state index in [0.29, 0.717) is 6.54 Å². The molecule has 0 aliphatic carbocycles. The molecular weight excluding hydrogens is 457 g/mol. The van der Waals surface area contributed by atoms with Crippen molar-refractivity contribution < 1.29 is 17.6 Å². The third kappa shape index (κ3) is 5.21. The van der Waals surface area contributed by atoms with Crippen LogP contribution in [0.3, 0.4) is 0 Å². The first-order chi connectivity index (χ1) is 16.3. The SMILES string of the molecule is O=C(Nc1ccccc1NS(=O)(=O)c1ccc(F)cc1)c1cccn(Cc2ccccc2)c1=O. The molecule has 4 aromatic rings. The quantitative estimate of drug-likeness (QED) is 0.419. The van der Waals surface area contributed by atoms with E-state index in [1.54, 1.807) is 24.4 Å². The minimum Gasteiger partial charge on any atom is -0.320 e. The van der Waals surface area contributed by atoms with Crippen LogP contribution in [-0.4, -0.2) is 18.9 Å². The molecule has 0 spiro atoms. The number of aromatic nitrogens is 1. The third-order valence-corrected chi connectivity index (χ3v) is 6.39. The molecule has 0 aliphatic heterocycles. The highest BCUT2D eigenvalue weighted by Crippen LogP contribution is 2.25. The van der Waals surface area contributed by atoms with Gasteiger partial charge in [0, 0.05) is 6.20 Å². The molecule has 0 radical (unpaired) electrons. The van der Waals surface area contributed by atoms with Crippen LogP contribution in [0.15, 0.2) is 107 Å². The highest BCUT2D eigenvalue weighted by atomic mass is 32.2. The van der Waals surface area contributed by atoms with Gasteiger partial charge in [-0.25, -0.2) is 12.8 Å². The van der Waals surface area contributed by atoms with Gasteiger partial charge in [-0.05, 0) is 54.1 Å². The van der Waals surface area contributed by atoms with Crippen molar-refractivity contribution >= 4 is 27.3 Å². The van der Waals surface area contributed by atoms with E-state index in [0.717, 1.165) is 29.8 Å². The summed E-state index contributed by atoms with van der Waals surface area (Å²) < 4.78 is 42.4. The van der Waals surface area contributed by atoms with E-state index >= 15 is 0 Å². The van der Waals surface area contributed by atoms with E-state index in [9.17, 15) is 22.4 Å². The van der Waals surface area contributed by atoms with Crippen molar-refractivity contribution in [2.75, 3.05) is 10.0 Å². The van der Waals surface area contributed by atoms with Crippen LogP contribution < -0.4 is 15.6 Å². The van der Waals surface area contributed by atoms with Gasteiger partial charge in [-0.1, -0.05) is 42.5 Å². The van der Waals surface area contributed by atoms with Gasteiger partial charge >= 0.3 is 0 Å². The van der Waals surface area contributed by atoms with Crippen molar-refractivity contribution in [1.29, 1.82) is 0 Å². The molecule has 0 bridgehead atoms. The lowest BCUT2D eigenvalue weighted by Crippen LogP contribution is -2.29. The predicted molar refractivity (Wildman–Crippen MR) is 128 cm³/mol. The van der Waals surface area contributed by atoms with E-state index in [1.807, 2.05) is 30.3 Å². The number of rotatable bonds is 7. The minimum atomic E-state index is -4.04. The first-order valence-corrected chi connectivity index (χ1v) is 11.7. The fourth-order valence-electron chi connectivity index (χ4n) is 3.30. The highest BCUT2D eigenvalue weighted by Gasteiger charge is 2.18. The molecule has 172 valence electrons. The maximum Gasteiger partial charge on any atom is 0.263 e. The fraction of sp³-hybridized carbons (Fsp3) is 0.0400. The summed E-state index contributed by atoms with van der Waals surface area (Å²) in [6.45, 7) is 0.300. The fourth-order valence-corrected chi connectivity index (χ4v) is 4.38. The van der Waals surface area contributed by atoms with Gasteiger partial charge in [0.1, 0.15) is 11.4 Å². The molecule has 4 rings (SSSR count). The second-order valence-corrected chi connectivity index (χ2v) is 9.08. The van der Waals surface area contributed by atoms with Gasteiger partial charge in [-0.3, -0.25) is 14.3 Å². The second kappa shape index (κ2) is 9.72. The zero-order valence-electron chi connectivity index (χ0n) is 17.8. The molecule has 3 aromatic carbocycles. The van der Waals surface area contributed by atoms with E-state index in [4.69, 9.17) is 0 Å². The summed E-state index contributed by atoms with van der Waals surface area (Å²) in [7, 11) is -4.04. The maximum absolute atomic E-state index is 13.2. The van der Waals surface area contributed by atoms with Crippen molar-refractivity contribution in [3.8, 4) is 0 Å². The Balaban J connectivity index is 1.57. The van der Waals surface area contributed by atoms with Gasteiger partial charge in [-0.15, -0.1) is 0 Å². The Kier molecular flexibility index (Phi) is 6.55. The average Bonchev–Trinajstić information content (AvgIpc) is 2.82. The zero-order chi connectivity index (χ0) is 24.1. The summed E-state index contributed by atoms with van der Waals surface area (Å²) in [5, 5.41) is 2.60. The van der Waals surface area contributed by atoms with Crippen LogP contribution in [0.2, 0.25) is 0 Å². The Morgan fingerprint density at radius 2 is 1.47 bits per heavy atom. The zero-order valence-corrected chi connectivity index (χ0v) is 18.6. The molecule has 0 aliphatic rings. The number of hydrogen-bond donors (Lipinski definition) is 2. The molecule has 0 saturated heterocycles. The number of benzene rings is 3. The summed E-state index contributed by atoms with van der Waals surface area (Å²) in [5.74, 6) is -1.24. The lowest BCUT2D eigenvalue weighted by molar-refractivity contribution is 0.102. The Morgan fingerprint density at radius 1 is 0.824 bits per heavy atom. The summed E-state index contributed by atoms with van der Waals surface area (Å²) in [6.07, 6.45) is 1.59. The monoisotopic (exact) mass is 477 g/mol. The molecule has 2 N–H and O–H groups in total. The Bertz CT molecular complexity index is 1480. The van der Waals surface area contributed by atoms with Gasteiger partial charge in [0.05, 0.1) is 22.8 Å². The first kappa shape index (κ1) is 22.9. The summed E-state index contributed by atoms with van der Waals surface area (Å²) in [4.78, 5) is 25.7. The summed E-state index contributed by atoms with van der Waals surface area (Å²) in [5.41, 5.74) is 0.599. The highest BCUT2D eigenvalue weighted by molar-refractivity contribution is 7.92. The van der Waals surface area contributed by atoms with E-state index in [-0.39, 0.29) is 21.8 Å². The standard InChI is InChI=1S/C25H20FN3O4S/c26-19-12-14-20(15-13-19)34(32,33)28-23-11-5-4-10-22(23)27-24(30)21-9-6-16-29(25(21)31)17-18-7-2-1-3-8-18/h1-16,28H,17H2,(H,27,30). The molecule has 9 heteroatoms. The minimum absolute atomic E-state index is 0.0883. The molecule has 1 heterocycles. The Labute approximate surface area is 195 Å². The van der Waals surface area contributed by atoms with Gasteiger partial charge in [-0.2, -0.15) is 0 Å². The van der Waals surface area contributed by atoms with Gasteiger partial charge in [0.25, 0.3) is 21.5 Å². The average molecular weight is 478 g/mol. The molecule has 0 atom stereocenters. The number of para-hydroxylation sites is 2. The van der Waals surface area contributed by atoms with Gasteiger partial charge in [0.15, 0.2) is 0 Å². The predicted octanol–water partition coefficient (Wildman–Crippen LogP) is 4.09. The molecule has 1 aromatic heterocycles. The summed E-state index contributed by atoms with van der Waals surface area (Å²) in [6, 6.07) is 22.9. The second-order valence-electron chi connectivity index (χ2n) is 7.40. The molecule has 0 saturated carbocycles. The first-order valence-electron chi connectivity index (χ1n) is 10.3. The number of carbonyl (C=O) groups excluding carboxylic acids is 1. The van der Waals surface area contributed by atoms with Crippen molar-refractivity contribution in [3.63, 3.8) is 0 Å². The molecule has 0 unspecified atom stereocenters. The Morgan fingerprint density at radius 3 is 2.18 bits per heavy atom. The number of halogens is 1. The summed E-state index contributed by atoms with van der Waals surface area (Å²) >= 11 is 0. The van der Waals surface area contributed by atoms with Gasteiger partial charge < -0.3 is 9.88 Å². The van der Waals surface area contributed by atoms with E-state index in [2.05, 4.69) is 10.0 Å². The smallest absolute Gasteiger partial charge is 0.263 e. The number of hydrogen-bond acceptors (Lipinski definition) is 4. The van der Waals surface area contributed by atoms with Crippen molar-refractivity contribution in [2.24, 2.45) is 0 Å². The van der Waals surface area contributed by atoms with Gasteiger partial charge in [0.2, 0.25) is 0 Å². The van der Waals surface area contributed by atoms with E-state index in [1.165, 1.54) is 22.8 Å². The number of sulfonamides is 1. The number of nitrogens with zero attached hydrogens (tertiary/aromatic N) is 1. The number of anilines is 2. The van der Waals surface area contributed by atoms with Crippen molar-refractivity contribution in [3.05, 3.63) is 124 Å². The Hall–Kier alpha value is -4.24. The van der Waals surface area contributed by atoms with Crippen LogP contribution in [0.5, 0.6) is 0 Å². The maximum atomic E-state index is 13.2. The molecule has 7 nitrogen and oxygen atoms in total. The number of nitrogens with one attached hydrogen (secondary N) is 2. The van der Waals surface area contributed by atoms with Crippen LogP contribution in [0, 0.1) is 5.82 Å². The normalized spacial score (nSPS) is 11.1.